The maximum absolute atomic E-state index is 12.1. The molecule has 5 nitrogen and oxygen atoms in total. The van der Waals surface area contributed by atoms with Gasteiger partial charge >= 0.3 is 0 Å². The third-order valence-electron chi connectivity index (χ3n) is 3.47. The van der Waals surface area contributed by atoms with Gasteiger partial charge in [-0.3, -0.25) is 19.8 Å². The Balaban J connectivity index is 2.29. The highest BCUT2D eigenvalue weighted by molar-refractivity contribution is 7.80. The molecule has 23 heavy (non-hydrogen) atoms. The van der Waals surface area contributed by atoms with Gasteiger partial charge in [-0.05, 0) is 49.3 Å². The summed E-state index contributed by atoms with van der Waals surface area (Å²) >= 11 is 11.1. The van der Waals surface area contributed by atoms with E-state index in [0.717, 1.165) is 6.42 Å². The predicted molar refractivity (Wildman–Crippen MR) is 93.3 cm³/mol. The third kappa shape index (κ3) is 3.89. The molecular weight excluding hydrogens is 336 g/mol. The minimum atomic E-state index is -0.519. The predicted octanol–water partition coefficient (Wildman–Crippen LogP) is 2.77. The standard InChI is InChI=1S/C16H17ClN2O3S/c1-4-9(2)22-13-6-5-10(8-12(13)17)7-11-14(20)18-16(23)19(3)15(11)21/h5-9H,4H2,1-3H3,(H,18,20,23)/b11-7-. The number of carbonyl (C=O) groups excluding carboxylic acids is 2. The highest BCUT2D eigenvalue weighted by atomic mass is 35.5. The number of benzene rings is 1. The second kappa shape index (κ2) is 7.10. The molecule has 0 bridgehead atoms. The molecule has 1 heterocycles. The fourth-order valence-electron chi connectivity index (χ4n) is 1.91. The maximum Gasteiger partial charge on any atom is 0.265 e. The van der Waals surface area contributed by atoms with Crippen molar-refractivity contribution in [2.75, 3.05) is 7.05 Å². The molecule has 0 spiro atoms. The average molecular weight is 353 g/mol. The summed E-state index contributed by atoms with van der Waals surface area (Å²) in [5.41, 5.74) is 0.638. The lowest BCUT2D eigenvalue weighted by Gasteiger charge is -2.25. The van der Waals surface area contributed by atoms with Crippen molar-refractivity contribution in [2.24, 2.45) is 0 Å². The van der Waals surface area contributed by atoms with E-state index in [9.17, 15) is 9.59 Å². The molecule has 1 N–H and O–H groups in total. The Kier molecular flexibility index (Phi) is 5.38. The highest BCUT2D eigenvalue weighted by Gasteiger charge is 2.30. The van der Waals surface area contributed by atoms with E-state index in [1.807, 2.05) is 13.8 Å². The van der Waals surface area contributed by atoms with Gasteiger partial charge in [0, 0.05) is 7.05 Å². The largest absolute Gasteiger partial charge is 0.489 e. The first-order valence-electron chi connectivity index (χ1n) is 7.14. The lowest BCUT2D eigenvalue weighted by atomic mass is 10.1. The molecule has 1 fully saturated rings. The molecule has 7 heteroatoms. The number of carbonyl (C=O) groups is 2. The van der Waals surface area contributed by atoms with Gasteiger partial charge in [0.15, 0.2) is 5.11 Å². The van der Waals surface area contributed by atoms with Crippen LogP contribution in [0.5, 0.6) is 5.75 Å². The molecular formula is C16H17ClN2O3S. The van der Waals surface area contributed by atoms with Crippen molar-refractivity contribution in [2.45, 2.75) is 26.4 Å². The van der Waals surface area contributed by atoms with Crippen LogP contribution in [0.2, 0.25) is 5.02 Å². The number of thiocarbonyl (C=S) groups is 1. The monoisotopic (exact) mass is 352 g/mol. The summed E-state index contributed by atoms with van der Waals surface area (Å²) in [4.78, 5) is 25.3. The quantitative estimate of drug-likeness (QED) is 0.514. The first-order valence-corrected chi connectivity index (χ1v) is 7.93. The Morgan fingerprint density at radius 2 is 2.13 bits per heavy atom. The van der Waals surface area contributed by atoms with Crippen molar-refractivity contribution in [1.82, 2.24) is 10.2 Å². The van der Waals surface area contributed by atoms with Crippen LogP contribution < -0.4 is 10.1 Å². The van der Waals surface area contributed by atoms with E-state index in [-0.39, 0.29) is 16.8 Å². The topological polar surface area (TPSA) is 58.6 Å². The average Bonchev–Trinajstić information content (AvgIpc) is 2.51. The van der Waals surface area contributed by atoms with E-state index < -0.39 is 11.8 Å². The molecule has 1 aliphatic rings. The van der Waals surface area contributed by atoms with Crippen molar-refractivity contribution in [3.05, 3.63) is 34.4 Å². The third-order valence-corrected chi connectivity index (χ3v) is 4.15. The zero-order chi connectivity index (χ0) is 17.1. The van der Waals surface area contributed by atoms with Gasteiger partial charge in [-0.2, -0.15) is 0 Å². The fourth-order valence-corrected chi connectivity index (χ4v) is 2.32. The molecule has 0 radical (unpaired) electrons. The molecule has 1 aliphatic heterocycles. The van der Waals surface area contributed by atoms with Gasteiger partial charge in [-0.25, -0.2) is 0 Å². The van der Waals surface area contributed by atoms with Crippen LogP contribution in [0.1, 0.15) is 25.8 Å². The van der Waals surface area contributed by atoms with Crippen LogP contribution in [0.25, 0.3) is 6.08 Å². The Morgan fingerprint density at radius 3 is 2.74 bits per heavy atom. The molecule has 1 atom stereocenters. The van der Waals surface area contributed by atoms with Gasteiger partial charge in [0.05, 0.1) is 11.1 Å². The molecule has 0 aliphatic carbocycles. The molecule has 1 aromatic rings. The number of nitrogens with zero attached hydrogens (tertiary/aromatic N) is 1. The van der Waals surface area contributed by atoms with Crippen LogP contribution in [0, 0.1) is 0 Å². The highest BCUT2D eigenvalue weighted by Crippen LogP contribution is 2.28. The number of rotatable bonds is 4. The number of amides is 2. The molecule has 1 unspecified atom stereocenters. The number of hydrogen-bond donors (Lipinski definition) is 1. The Bertz CT molecular complexity index is 703. The minimum absolute atomic E-state index is 0.00719. The van der Waals surface area contributed by atoms with E-state index in [1.165, 1.54) is 18.0 Å². The van der Waals surface area contributed by atoms with Gasteiger partial charge in [-0.1, -0.05) is 24.6 Å². The number of ether oxygens (including phenoxy) is 1. The molecule has 122 valence electrons. The Labute approximate surface area is 145 Å². The molecule has 0 saturated carbocycles. The second-order valence-electron chi connectivity index (χ2n) is 5.21. The summed E-state index contributed by atoms with van der Waals surface area (Å²) in [5.74, 6) is -0.398. The van der Waals surface area contributed by atoms with E-state index >= 15 is 0 Å². The molecule has 2 rings (SSSR count). The number of hydrogen-bond acceptors (Lipinski definition) is 4. The first-order chi connectivity index (χ1) is 10.8. The summed E-state index contributed by atoms with van der Waals surface area (Å²) in [6.07, 6.45) is 2.40. The van der Waals surface area contributed by atoms with Crippen LogP contribution >= 0.6 is 23.8 Å². The number of likely N-dealkylation sites (N-methyl/N-ethyl adjacent to an activating group) is 1. The smallest absolute Gasteiger partial charge is 0.265 e. The van der Waals surface area contributed by atoms with E-state index in [0.29, 0.717) is 16.3 Å². The van der Waals surface area contributed by atoms with Gasteiger partial charge < -0.3 is 4.74 Å². The maximum atomic E-state index is 12.1. The number of halogens is 1. The summed E-state index contributed by atoms with van der Waals surface area (Å²) in [6, 6.07) is 5.12. The van der Waals surface area contributed by atoms with Crippen LogP contribution in [-0.4, -0.2) is 35.0 Å². The van der Waals surface area contributed by atoms with Crippen LogP contribution in [0.4, 0.5) is 0 Å². The lowest BCUT2D eigenvalue weighted by Crippen LogP contribution is -2.52. The summed E-state index contributed by atoms with van der Waals surface area (Å²) in [6.45, 7) is 3.97. The van der Waals surface area contributed by atoms with Crippen molar-refractivity contribution >= 4 is 46.8 Å². The van der Waals surface area contributed by atoms with Gasteiger partial charge in [0.1, 0.15) is 11.3 Å². The van der Waals surface area contributed by atoms with Crippen LogP contribution in [-0.2, 0) is 9.59 Å². The van der Waals surface area contributed by atoms with E-state index in [4.69, 9.17) is 28.6 Å². The van der Waals surface area contributed by atoms with Crippen molar-refractivity contribution in [3.63, 3.8) is 0 Å². The van der Waals surface area contributed by atoms with E-state index in [1.54, 1.807) is 18.2 Å². The van der Waals surface area contributed by atoms with Crippen molar-refractivity contribution in [3.8, 4) is 5.75 Å². The molecule has 2 amide bonds. The Hall–Kier alpha value is -1.92. The SMILES string of the molecule is CCC(C)Oc1ccc(/C=C2/C(=O)NC(=S)N(C)C2=O)cc1Cl. The van der Waals surface area contributed by atoms with Crippen molar-refractivity contribution in [1.29, 1.82) is 0 Å². The van der Waals surface area contributed by atoms with Crippen LogP contribution in [0.3, 0.4) is 0 Å². The first kappa shape index (κ1) is 17.4. The lowest BCUT2D eigenvalue weighted by molar-refractivity contribution is -0.128. The fraction of sp³-hybridized carbons (Fsp3) is 0.312. The zero-order valence-corrected chi connectivity index (χ0v) is 14.6. The minimum Gasteiger partial charge on any atom is -0.489 e. The summed E-state index contributed by atoms with van der Waals surface area (Å²) in [7, 11) is 1.51. The van der Waals surface area contributed by atoms with Gasteiger partial charge in [-0.15, -0.1) is 0 Å². The van der Waals surface area contributed by atoms with E-state index in [2.05, 4.69) is 5.32 Å². The molecule has 1 aromatic carbocycles. The second-order valence-corrected chi connectivity index (χ2v) is 6.00. The molecule has 1 saturated heterocycles. The summed E-state index contributed by atoms with van der Waals surface area (Å²) in [5, 5.41) is 2.97. The van der Waals surface area contributed by atoms with Gasteiger partial charge in [0.2, 0.25) is 0 Å². The van der Waals surface area contributed by atoms with Gasteiger partial charge in [0.25, 0.3) is 11.8 Å². The normalized spacial score (nSPS) is 18.2. The van der Waals surface area contributed by atoms with Crippen molar-refractivity contribution < 1.29 is 14.3 Å². The molecule has 0 aromatic heterocycles. The summed E-state index contributed by atoms with van der Waals surface area (Å²) < 4.78 is 5.69. The Morgan fingerprint density at radius 1 is 1.43 bits per heavy atom. The van der Waals surface area contributed by atoms with Crippen LogP contribution in [0.15, 0.2) is 23.8 Å². The zero-order valence-electron chi connectivity index (χ0n) is 13.1. The number of nitrogens with one attached hydrogen (secondary N) is 1.